The summed E-state index contributed by atoms with van der Waals surface area (Å²) in [5.74, 6) is -0.705. The Bertz CT molecular complexity index is 848. The van der Waals surface area contributed by atoms with Gasteiger partial charge in [-0.3, -0.25) is 9.78 Å². The van der Waals surface area contributed by atoms with Gasteiger partial charge in [0, 0.05) is 44.1 Å². The predicted octanol–water partition coefficient (Wildman–Crippen LogP) is 3.11. The Labute approximate surface area is 157 Å². The Morgan fingerprint density at radius 3 is 2.52 bits per heavy atom. The van der Waals surface area contributed by atoms with Crippen molar-refractivity contribution in [1.29, 1.82) is 0 Å². The lowest BCUT2D eigenvalue weighted by atomic mass is 10.00. The monoisotopic (exact) mass is 371 g/mol. The standard InChI is InChI=1S/C20H22FN3O3/c1-3-27-20(26)24-8-6-23(7-9-24)19(25)16-10-15(11-17(21)12-16)18-4-5-22-13-14(18)2/h4-5,10-13H,3,6-9H2,1-2H3. The van der Waals surface area contributed by atoms with Crippen LogP contribution in [0.25, 0.3) is 11.1 Å². The molecule has 0 aliphatic carbocycles. The first kappa shape index (κ1) is 18.8. The van der Waals surface area contributed by atoms with Crippen molar-refractivity contribution in [3.8, 4) is 11.1 Å². The van der Waals surface area contributed by atoms with Crippen molar-refractivity contribution < 1.29 is 18.7 Å². The van der Waals surface area contributed by atoms with Crippen LogP contribution in [0, 0.1) is 12.7 Å². The van der Waals surface area contributed by atoms with Gasteiger partial charge in [0.05, 0.1) is 6.61 Å². The van der Waals surface area contributed by atoms with Crippen LogP contribution in [0.4, 0.5) is 9.18 Å². The number of nitrogens with zero attached hydrogens (tertiary/aromatic N) is 3. The van der Waals surface area contributed by atoms with E-state index in [0.29, 0.717) is 43.9 Å². The van der Waals surface area contributed by atoms with Gasteiger partial charge in [-0.15, -0.1) is 0 Å². The molecule has 0 spiro atoms. The van der Waals surface area contributed by atoms with Gasteiger partial charge in [-0.05, 0) is 54.8 Å². The van der Waals surface area contributed by atoms with Gasteiger partial charge in [0.15, 0.2) is 0 Å². The van der Waals surface area contributed by atoms with Gasteiger partial charge < -0.3 is 14.5 Å². The number of pyridine rings is 1. The highest BCUT2D eigenvalue weighted by atomic mass is 19.1. The van der Waals surface area contributed by atoms with E-state index in [-0.39, 0.29) is 12.0 Å². The maximum Gasteiger partial charge on any atom is 0.409 e. The lowest BCUT2D eigenvalue weighted by Crippen LogP contribution is -2.50. The van der Waals surface area contributed by atoms with Gasteiger partial charge in [-0.25, -0.2) is 9.18 Å². The average Bonchev–Trinajstić information content (AvgIpc) is 2.67. The maximum atomic E-state index is 14.2. The Kier molecular flexibility index (Phi) is 5.69. The molecule has 0 radical (unpaired) electrons. The number of amides is 2. The zero-order valence-electron chi connectivity index (χ0n) is 15.4. The van der Waals surface area contributed by atoms with E-state index in [1.54, 1.807) is 41.2 Å². The van der Waals surface area contributed by atoms with Gasteiger partial charge >= 0.3 is 6.09 Å². The summed E-state index contributed by atoms with van der Waals surface area (Å²) in [6, 6.07) is 6.17. The summed E-state index contributed by atoms with van der Waals surface area (Å²) in [6.45, 7) is 5.54. The van der Waals surface area contributed by atoms with Gasteiger partial charge in [0.2, 0.25) is 0 Å². The molecule has 3 rings (SSSR count). The fourth-order valence-corrected chi connectivity index (χ4v) is 3.16. The van der Waals surface area contributed by atoms with Crippen LogP contribution < -0.4 is 0 Å². The van der Waals surface area contributed by atoms with Crippen molar-refractivity contribution in [3.05, 3.63) is 53.6 Å². The summed E-state index contributed by atoms with van der Waals surface area (Å²) in [4.78, 5) is 31.9. The lowest BCUT2D eigenvalue weighted by Gasteiger charge is -2.34. The van der Waals surface area contributed by atoms with E-state index in [9.17, 15) is 14.0 Å². The van der Waals surface area contributed by atoms with E-state index in [4.69, 9.17) is 4.74 Å². The SMILES string of the molecule is CCOC(=O)N1CCN(C(=O)c2cc(F)cc(-c3ccncc3C)c2)CC1. The van der Waals surface area contributed by atoms with Crippen LogP contribution in [0.1, 0.15) is 22.8 Å². The number of rotatable bonds is 3. The predicted molar refractivity (Wildman–Crippen MR) is 98.9 cm³/mol. The third-order valence-corrected chi connectivity index (χ3v) is 4.57. The van der Waals surface area contributed by atoms with Crippen LogP contribution >= 0.6 is 0 Å². The van der Waals surface area contributed by atoms with Gasteiger partial charge in [0.1, 0.15) is 5.82 Å². The molecular weight excluding hydrogens is 349 g/mol. The Morgan fingerprint density at radius 2 is 1.85 bits per heavy atom. The third kappa shape index (κ3) is 4.24. The number of carbonyl (C=O) groups excluding carboxylic acids is 2. The number of piperazine rings is 1. The smallest absolute Gasteiger partial charge is 0.409 e. The molecular formula is C20H22FN3O3. The molecule has 2 amide bonds. The number of benzene rings is 1. The van der Waals surface area contributed by atoms with Crippen molar-refractivity contribution >= 4 is 12.0 Å². The minimum Gasteiger partial charge on any atom is -0.450 e. The van der Waals surface area contributed by atoms with Crippen molar-refractivity contribution in [2.24, 2.45) is 0 Å². The van der Waals surface area contributed by atoms with E-state index >= 15 is 0 Å². The Morgan fingerprint density at radius 1 is 1.15 bits per heavy atom. The molecule has 0 unspecified atom stereocenters. The second-order valence-electron chi connectivity index (χ2n) is 6.40. The molecule has 1 aromatic carbocycles. The topological polar surface area (TPSA) is 62.7 Å². The highest BCUT2D eigenvalue weighted by Crippen LogP contribution is 2.25. The minimum absolute atomic E-state index is 0.244. The first-order valence-corrected chi connectivity index (χ1v) is 8.92. The van der Waals surface area contributed by atoms with Gasteiger partial charge in [-0.1, -0.05) is 0 Å². The molecule has 1 aliphatic rings. The quantitative estimate of drug-likeness (QED) is 0.832. The number of aryl methyl sites for hydroxylation is 1. The number of aromatic nitrogens is 1. The van der Waals surface area contributed by atoms with Crippen LogP contribution in [-0.4, -0.2) is 59.6 Å². The van der Waals surface area contributed by atoms with Crippen LogP contribution in [0.2, 0.25) is 0 Å². The number of hydrogen-bond acceptors (Lipinski definition) is 4. The first-order chi connectivity index (χ1) is 13.0. The molecule has 0 atom stereocenters. The number of ether oxygens (including phenoxy) is 1. The summed E-state index contributed by atoms with van der Waals surface area (Å²) in [7, 11) is 0. The summed E-state index contributed by atoms with van der Waals surface area (Å²) >= 11 is 0. The van der Waals surface area contributed by atoms with Crippen LogP contribution in [0.3, 0.4) is 0 Å². The van der Waals surface area contributed by atoms with Gasteiger partial charge in [0.25, 0.3) is 5.91 Å². The fraction of sp³-hybridized carbons (Fsp3) is 0.350. The summed E-state index contributed by atoms with van der Waals surface area (Å²) in [6.07, 6.45) is 2.98. The number of hydrogen-bond donors (Lipinski definition) is 0. The molecule has 2 heterocycles. The molecule has 142 valence electrons. The maximum absolute atomic E-state index is 14.2. The molecule has 6 nitrogen and oxygen atoms in total. The fourth-order valence-electron chi connectivity index (χ4n) is 3.16. The largest absolute Gasteiger partial charge is 0.450 e. The first-order valence-electron chi connectivity index (χ1n) is 8.92. The third-order valence-electron chi connectivity index (χ3n) is 4.57. The highest BCUT2D eigenvalue weighted by Gasteiger charge is 2.26. The van der Waals surface area contributed by atoms with E-state index in [1.807, 2.05) is 6.92 Å². The van der Waals surface area contributed by atoms with Crippen molar-refractivity contribution in [2.75, 3.05) is 32.8 Å². The average molecular weight is 371 g/mol. The molecule has 1 aromatic heterocycles. The molecule has 27 heavy (non-hydrogen) atoms. The number of halogens is 1. The van der Waals surface area contributed by atoms with Crippen molar-refractivity contribution in [1.82, 2.24) is 14.8 Å². The Hall–Kier alpha value is -2.96. The van der Waals surface area contributed by atoms with E-state index in [2.05, 4.69) is 4.98 Å². The van der Waals surface area contributed by atoms with E-state index < -0.39 is 5.82 Å². The zero-order chi connectivity index (χ0) is 19.4. The van der Waals surface area contributed by atoms with Gasteiger partial charge in [-0.2, -0.15) is 0 Å². The van der Waals surface area contributed by atoms with E-state index in [0.717, 1.165) is 11.1 Å². The molecule has 1 saturated heterocycles. The van der Waals surface area contributed by atoms with Crippen LogP contribution in [-0.2, 0) is 4.74 Å². The molecule has 1 aliphatic heterocycles. The highest BCUT2D eigenvalue weighted by molar-refractivity contribution is 5.95. The molecule has 1 fully saturated rings. The minimum atomic E-state index is -0.461. The van der Waals surface area contributed by atoms with Crippen LogP contribution in [0.5, 0.6) is 0 Å². The second kappa shape index (κ2) is 8.16. The number of carbonyl (C=O) groups is 2. The van der Waals surface area contributed by atoms with Crippen molar-refractivity contribution in [3.63, 3.8) is 0 Å². The summed E-state index contributed by atoms with van der Waals surface area (Å²) < 4.78 is 19.2. The molecule has 7 heteroatoms. The summed E-state index contributed by atoms with van der Waals surface area (Å²) in [5, 5.41) is 0. The van der Waals surface area contributed by atoms with Crippen molar-refractivity contribution in [2.45, 2.75) is 13.8 Å². The molecule has 2 aromatic rings. The summed E-state index contributed by atoms with van der Waals surface area (Å²) in [5.41, 5.74) is 2.68. The molecule has 0 saturated carbocycles. The Balaban J connectivity index is 1.76. The normalized spacial score (nSPS) is 14.2. The zero-order valence-corrected chi connectivity index (χ0v) is 15.4. The second-order valence-corrected chi connectivity index (χ2v) is 6.40. The molecule has 0 bridgehead atoms. The molecule has 0 N–H and O–H groups in total. The van der Waals surface area contributed by atoms with Crippen LogP contribution in [0.15, 0.2) is 36.7 Å². The lowest BCUT2D eigenvalue weighted by molar-refractivity contribution is 0.0570. The van der Waals surface area contributed by atoms with E-state index in [1.165, 1.54) is 12.1 Å².